The smallest absolute Gasteiger partial charge is 0.408 e. The van der Waals surface area contributed by atoms with Crippen LogP contribution >= 0.6 is 12.4 Å². The van der Waals surface area contributed by atoms with Crippen molar-refractivity contribution in [3.8, 4) is 0 Å². The van der Waals surface area contributed by atoms with Gasteiger partial charge in [-0.25, -0.2) is 4.79 Å². The highest BCUT2D eigenvalue weighted by molar-refractivity contribution is 5.96. The van der Waals surface area contributed by atoms with Gasteiger partial charge in [0, 0.05) is 24.9 Å². The Bertz CT molecular complexity index is 1410. The van der Waals surface area contributed by atoms with Gasteiger partial charge in [-0.2, -0.15) is 0 Å². The third kappa shape index (κ3) is 14.9. The van der Waals surface area contributed by atoms with E-state index in [9.17, 15) is 33.9 Å². The number of aliphatic carboxylic acids is 1. The number of hydrogen-bond acceptors (Lipinski definition) is 8. The number of nitrogens with one attached hydrogen (secondary N) is 5. The Balaban J connectivity index is 0.0000110. The molecule has 0 spiro atoms. The van der Waals surface area contributed by atoms with Crippen LogP contribution in [-0.4, -0.2) is 77.9 Å². The van der Waals surface area contributed by atoms with Gasteiger partial charge in [0.25, 0.3) is 0 Å². The molecule has 0 bridgehead atoms. The van der Waals surface area contributed by atoms with Crippen LogP contribution in [0.25, 0.3) is 0 Å². The Morgan fingerprint density at radius 1 is 0.851 bits per heavy atom. The predicted molar refractivity (Wildman–Crippen MR) is 175 cm³/mol. The number of nitrogens with two attached hydrogens (primary N) is 2. The molecule has 0 fully saturated rings. The number of amidine groups is 1. The summed E-state index contributed by atoms with van der Waals surface area (Å²) in [5.41, 5.74) is 12.7. The van der Waals surface area contributed by atoms with Gasteiger partial charge in [0.05, 0.1) is 6.42 Å². The molecule has 0 heterocycles. The van der Waals surface area contributed by atoms with Crippen molar-refractivity contribution >= 4 is 53.9 Å². The SMILES string of the molecule is C=CCOC(=O)N[C@@H](Cc1ccc(C(=N)N)cc1)C(=O)N[C@@H](CCC(=O)O)C(=O)N[C@@H](CC(N)=O)C(=O)NCCc1ccccc1.Cl. The van der Waals surface area contributed by atoms with Gasteiger partial charge in [-0.3, -0.25) is 29.4 Å². The molecule has 0 radical (unpaired) electrons. The van der Waals surface area contributed by atoms with E-state index < -0.39 is 66.7 Å². The largest absolute Gasteiger partial charge is 0.481 e. The van der Waals surface area contributed by atoms with E-state index in [2.05, 4.69) is 27.8 Å². The topological polar surface area (TPSA) is 256 Å². The van der Waals surface area contributed by atoms with Gasteiger partial charge in [-0.1, -0.05) is 67.3 Å². The maximum Gasteiger partial charge on any atom is 0.408 e. The van der Waals surface area contributed by atoms with E-state index in [1.165, 1.54) is 6.08 Å². The lowest BCUT2D eigenvalue weighted by molar-refractivity contribution is -0.138. The third-order valence-electron chi connectivity index (χ3n) is 6.52. The molecule has 5 amide bonds. The number of carboxylic acid groups (broad SMARTS) is 1. The Morgan fingerprint density at radius 3 is 2.04 bits per heavy atom. The van der Waals surface area contributed by atoms with Crippen molar-refractivity contribution in [1.82, 2.24) is 21.3 Å². The molecule has 2 rings (SSSR count). The van der Waals surface area contributed by atoms with Crippen LogP contribution in [0.4, 0.5) is 4.79 Å². The first-order valence-electron chi connectivity index (χ1n) is 14.3. The number of hydrogen-bond donors (Lipinski definition) is 8. The Morgan fingerprint density at radius 2 is 1.47 bits per heavy atom. The first-order chi connectivity index (χ1) is 21.9. The number of primary amides is 1. The zero-order valence-corrected chi connectivity index (χ0v) is 26.3. The van der Waals surface area contributed by atoms with Crippen molar-refractivity contribution in [2.75, 3.05) is 13.2 Å². The van der Waals surface area contributed by atoms with Gasteiger partial charge in [-0.05, 0) is 24.0 Å². The monoisotopic (exact) mass is 673 g/mol. The number of nitrogen functional groups attached to an aromatic ring is 1. The Hall–Kier alpha value is -5.44. The fraction of sp³-hybridized carbons (Fsp3) is 0.323. The van der Waals surface area contributed by atoms with Crippen molar-refractivity contribution in [3.63, 3.8) is 0 Å². The summed E-state index contributed by atoms with van der Waals surface area (Å²) in [5.74, 6) is -4.82. The van der Waals surface area contributed by atoms with E-state index in [-0.39, 0.29) is 44.2 Å². The highest BCUT2D eigenvalue weighted by atomic mass is 35.5. The van der Waals surface area contributed by atoms with Gasteiger partial charge in [-0.15, -0.1) is 12.4 Å². The molecule has 3 atom stereocenters. The number of halogens is 1. The molecule has 0 saturated carbocycles. The van der Waals surface area contributed by atoms with E-state index in [1.807, 2.05) is 30.3 Å². The number of carbonyl (C=O) groups is 6. The maximum absolute atomic E-state index is 13.4. The van der Waals surface area contributed by atoms with E-state index >= 15 is 0 Å². The summed E-state index contributed by atoms with van der Waals surface area (Å²) in [6, 6.07) is 11.4. The van der Waals surface area contributed by atoms with Crippen LogP contribution in [0.1, 0.15) is 36.0 Å². The standard InChI is InChI=1S/C31H39N7O8.ClH/c1-2-16-46-31(45)38-23(17-20-8-10-21(11-9-20)27(33)34)30(44)36-22(12-13-26(40)41)29(43)37-24(18-25(32)39)28(42)35-15-14-19-6-4-3-5-7-19;/h2-11,22-24H,1,12-18H2,(H2,32,39)(H3,33,34)(H,35,42)(H,36,44)(H,37,43)(H,38,45)(H,40,41);1H/t22-,23-,24-;/m0./s1. The van der Waals surface area contributed by atoms with Crippen molar-refractivity contribution < 1.29 is 38.6 Å². The average molecular weight is 674 g/mol. The van der Waals surface area contributed by atoms with Crippen molar-refractivity contribution in [3.05, 3.63) is 83.9 Å². The number of carboxylic acids is 1. The second kappa shape index (κ2) is 20.6. The summed E-state index contributed by atoms with van der Waals surface area (Å²) in [6.45, 7) is 3.50. The molecule has 15 nitrogen and oxygen atoms in total. The molecule has 0 aliphatic heterocycles. The minimum Gasteiger partial charge on any atom is -0.481 e. The molecule has 0 saturated heterocycles. The summed E-state index contributed by atoms with van der Waals surface area (Å²) in [7, 11) is 0. The van der Waals surface area contributed by atoms with Crippen molar-refractivity contribution in [2.45, 2.75) is 50.2 Å². The second-order valence-electron chi connectivity index (χ2n) is 10.2. The summed E-state index contributed by atoms with van der Waals surface area (Å²) >= 11 is 0. The van der Waals surface area contributed by atoms with Gasteiger partial charge >= 0.3 is 12.1 Å². The van der Waals surface area contributed by atoms with E-state index in [0.717, 1.165) is 5.56 Å². The van der Waals surface area contributed by atoms with Gasteiger partial charge in [0.2, 0.25) is 23.6 Å². The minimum absolute atomic E-state index is 0. The molecule has 0 aliphatic carbocycles. The summed E-state index contributed by atoms with van der Waals surface area (Å²) in [6.07, 6.45) is -0.724. The molecule has 0 aromatic heterocycles. The van der Waals surface area contributed by atoms with Gasteiger partial charge < -0.3 is 42.6 Å². The quantitative estimate of drug-likeness (QED) is 0.0578. The lowest BCUT2D eigenvalue weighted by Gasteiger charge is -2.25. The zero-order chi connectivity index (χ0) is 34.1. The summed E-state index contributed by atoms with van der Waals surface area (Å²) < 4.78 is 4.93. The molecule has 10 N–H and O–H groups in total. The minimum atomic E-state index is -1.48. The number of alkyl carbamates (subject to hydrolysis) is 1. The Kier molecular flexibility index (Phi) is 17.3. The molecule has 16 heteroatoms. The number of rotatable bonds is 19. The van der Waals surface area contributed by atoms with E-state index in [4.69, 9.17) is 21.6 Å². The van der Waals surface area contributed by atoms with Gasteiger partial charge in [0.1, 0.15) is 30.6 Å². The fourth-order valence-corrected chi connectivity index (χ4v) is 4.17. The molecule has 2 aromatic carbocycles. The highest BCUT2D eigenvalue weighted by Gasteiger charge is 2.31. The maximum atomic E-state index is 13.4. The van der Waals surface area contributed by atoms with Gasteiger partial charge in [0.15, 0.2) is 0 Å². The first kappa shape index (κ1) is 39.6. The lowest BCUT2D eigenvalue weighted by atomic mass is 10.0. The summed E-state index contributed by atoms with van der Waals surface area (Å²) in [4.78, 5) is 75.0. The molecule has 0 aliphatic rings. The average Bonchev–Trinajstić information content (AvgIpc) is 3.01. The van der Waals surface area contributed by atoms with E-state index in [0.29, 0.717) is 17.5 Å². The predicted octanol–water partition coefficient (Wildman–Crippen LogP) is 0.284. The molecule has 254 valence electrons. The zero-order valence-electron chi connectivity index (χ0n) is 25.5. The molecule has 2 aromatic rings. The van der Waals surface area contributed by atoms with Crippen LogP contribution in [0.3, 0.4) is 0 Å². The number of benzene rings is 2. The number of ether oxygens (including phenoxy) is 1. The fourth-order valence-electron chi connectivity index (χ4n) is 4.17. The molecule has 0 unspecified atom stereocenters. The summed E-state index contributed by atoms with van der Waals surface area (Å²) in [5, 5.41) is 26.7. The Labute approximate surface area is 277 Å². The molecule has 47 heavy (non-hydrogen) atoms. The number of amides is 5. The third-order valence-corrected chi connectivity index (χ3v) is 6.52. The van der Waals surface area contributed by atoms with Crippen LogP contribution in [0.15, 0.2) is 67.3 Å². The van der Waals surface area contributed by atoms with Crippen LogP contribution in [-0.2, 0) is 41.6 Å². The van der Waals surface area contributed by atoms with Crippen LogP contribution in [0.5, 0.6) is 0 Å². The lowest BCUT2D eigenvalue weighted by Crippen LogP contribution is -2.57. The molecular weight excluding hydrogens is 634 g/mol. The highest BCUT2D eigenvalue weighted by Crippen LogP contribution is 2.09. The second-order valence-corrected chi connectivity index (χ2v) is 10.2. The number of carbonyl (C=O) groups excluding carboxylic acids is 5. The molecular formula is C31H40ClN7O8. The van der Waals surface area contributed by atoms with Crippen molar-refractivity contribution in [2.24, 2.45) is 11.5 Å². The van der Waals surface area contributed by atoms with Crippen LogP contribution in [0, 0.1) is 5.41 Å². The van der Waals surface area contributed by atoms with Crippen LogP contribution < -0.4 is 32.7 Å². The van der Waals surface area contributed by atoms with Crippen molar-refractivity contribution in [1.29, 1.82) is 5.41 Å². The first-order valence-corrected chi connectivity index (χ1v) is 14.3. The van der Waals surface area contributed by atoms with Crippen LogP contribution in [0.2, 0.25) is 0 Å². The normalized spacial score (nSPS) is 12.1. The van der Waals surface area contributed by atoms with E-state index in [1.54, 1.807) is 24.3 Å².